The lowest BCUT2D eigenvalue weighted by molar-refractivity contribution is 0.133. The lowest BCUT2D eigenvalue weighted by atomic mass is 9.99. The van der Waals surface area contributed by atoms with Crippen LogP contribution in [-0.2, 0) is 19.5 Å². The Morgan fingerprint density at radius 2 is 1.90 bits per heavy atom. The molecule has 2 aromatic rings. The van der Waals surface area contributed by atoms with E-state index in [-0.39, 0.29) is 0 Å². The highest BCUT2D eigenvalue weighted by Gasteiger charge is 2.32. The molecule has 6 nitrogen and oxygen atoms in total. The van der Waals surface area contributed by atoms with E-state index in [1.54, 1.807) is 0 Å². The van der Waals surface area contributed by atoms with Crippen molar-refractivity contribution in [3.63, 3.8) is 0 Å². The minimum absolute atomic E-state index is 0.317. The zero-order valence-corrected chi connectivity index (χ0v) is 18.9. The van der Waals surface area contributed by atoms with Crippen molar-refractivity contribution in [3.05, 3.63) is 34.5 Å². The molecule has 0 radical (unpaired) electrons. The third-order valence-corrected chi connectivity index (χ3v) is 7.33. The van der Waals surface area contributed by atoms with Gasteiger partial charge >= 0.3 is 0 Å². The van der Waals surface area contributed by atoms with Crippen molar-refractivity contribution in [2.75, 3.05) is 24.5 Å². The first-order valence-corrected chi connectivity index (χ1v) is 12.0. The molecule has 2 aromatic heterocycles. The van der Waals surface area contributed by atoms with Gasteiger partial charge in [-0.25, -0.2) is 9.97 Å². The highest BCUT2D eigenvalue weighted by atomic mass is 15.3. The van der Waals surface area contributed by atoms with Gasteiger partial charge in [-0.15, -0.1) is 0 Å². The molecule has 162 valence electrons. The van der Waals surface area contributed by atoms with Crippen LogP contribution in [0.4, 0.5) is 5.82 Å². The molecule has 0 spiro atoms. The highest BCUT2D eigenvalue weighted by Crippen LogP contribution is 2.37. The molecule has 4 heterocycles. The van der Waals surface area contributed by atoms with E-state index in [1.165, 1.54) is 67.0 Å². The lowest BCUT2D eigenvalue weighted by Crippen LogP contribution is -2.36. The second kappa shape index (κ2) is 8.29. The molecule has 5 rings (SSSR count). The van der Waals surface area contributed by atoms with Crippen molar-refractivity contribution < 1.29 is 0 Å². The zero-order valence-electron chi connectivity index (χ0n) is 18.9. The first kappa shape index (κ1) is 20.0. The molecule has 0 bridgehead atoms. The van der Waals surface area contributed by atoms with Gasteiger partial charge < -0.3 is 4.90 Å². The molecule has 1 aliphatic carbocycles. The van der Waals surface area contributed by atoms with Crippen LogP contribution in [0, 0.1) is 19.8 Å². The quantitative estimate of drug-likeness (QED) is 0.717. The molecule has 0 unspecified atom stereocenters. The van der Waals surface area contributed by atoms with Crippen molar-refractivity contribution >= 4 is 5.82 Å². The standard InChI is InChI=1S/C24H36N6/c1-4-30-18(3)20(14-25-30)16-28-12-6-5-9-22(28)23-26-17(2)21-8-7-13-29(24(21)27-23)15-19-10-11-19/h14,19,22H,4-13,15-16H2,1-3H3/t22-/m1/s1. The minimum atomic E-state index is 0.317. The molecule has 3 aliphatic rings. The Hall–Kier alpha value is -1.95. The van der Waals surface area contributed by atoms with Crippen LogP contribution < -0.4 is 4.90 Å². The number of anilines is 1. The average molecular weight is 409 g/mol. The molecule has 0 aromatic carbocycles. The van der Waals surface area contributed by atoms with Crippen LogP contribution in [0.15, 0.2) is 6.20 Å². The maximum absolute atomic E-state index is 5.25. The number of piperidine rings is 1. The second-order valence-electron chi connectivity index (χ2n) is 9.52. The third-order valence-electron chi connectivity index (χ3n) is 7.33. The van der Waals surface area contributed by atoms with Crippen molar-refractivity contribution in [1.82, 2.24) is 24.6 Å². The monoisotopic (exact) mass is 408 g/mol. The molecule has 0 amide bonds. The Balaban J connectivity index is 1.43. The van der Waals surface area contributed by atoms with Gasteiger partial charge in [-0.05, 0) is 71.8 Å². The number of hydrogen-bond donors (Lipinski definition) is 0. The molecule has 30 heavy (non-hydrogen) atoms. The van der Waals surface area contributed by atoms with Gasteiger partial charge in [0.15, 0.2) is 0 Å². The maximum atomic E-state index is 5.25. The normalized spacial score (nSPS) is 22.4. The van der Waals surface area contributed by atoms with Gasteiger partial charge in [0.05, 0.1) is 12.2 Å². The molecule has 2 fully saturated rings. The summed E-state index contributed by atoms with van der Waals surface area (Å²) in [6.07, 6.45) is 10.9. The summed E-state index contributed by atoms with van der Waals surface area (Å²) >= 11 is 0. The van der Waals surface area contributed by atoms with Crippen molar-refractivity contribution in [3.8, 4) is 0 Å². The van der Waals surface area contributed by atoms with E-state index in [1.807, 2.05) is 0 Å². The molecule has 6 heteroatoms. The fourth-order valence-corrected chi connectivity index (χ4v) is 5.30. The molecule has 0 N–H and O–H groups in total. The minimum Gasteiger partial charge on any atom is -0.356 e. The topological polar surface area (TPSA) is 50.1 Å². The fourth-order valence-electron chi connectivity index (χ4n) is 5.30. The van der Waals surface area contributed by atoms with Gasteiger partial charge in [-0.2, -0.15) is 5.10 Å². The van der Waals surface area contributed by atoms with E-state index in [4.69, 9.17) is 9.97 Å². The van der Waals surface area contributed by atoms with Gasteiger partial charge in [0.25, 0.3) is 0 Å². The van der Waals surface area contributed by atoms with E-state index >= 15 is 0 Å². The van der Waals surface area contributed by atoms with Gasteiger partial charge in [0.1, 0.15) is 11.6 Å². The van der Waals surface area contributed by atoms with E-state index in [2.05, 4.69) is 46.5 Å². The van der Waals surface area contributed by atoms with Gasteiger partial charge in [0.2, 0.25) is 0 Å². The van der Waals surface area contributed by atoms with Crippen LogP contribution in [0.25, 0.3) is 0 Å². The smallest absolute Gasteiger partial charge is 0.148 e. The number of nitrogens with zero attached hydrogens (tertiary/aromatic N) is 6. The van der Waals surface area contributed by atoms with Crippen molar-refractivity contribution in [2.45, 2.75) is 84.8 Å². The van der Waals surface area contributed by atoms with E-state index in [0.29, 0.717) is 6.04 Å². The van der Waals surface area contributed by atoms with Gasteiger partial charge in [-0.1, -0.05) is 6.42 Å². The summed E-state index contributed by atoms with van der Waals surface area (Å²) in [6.45, 7) is 11.9. The lowest BCUT2D eigenvalue weighted by Gasteiger charge is -2.36. The summed E-state index contributed by atoms with van der Waals surface area (Å²) in [5.41, 5.74) is 5.23. The number of hydrogen-bond acceptors (Lipinski definition) is 5. The molecular weight excluding hydrogens is 372 g/mol. The molecule has 1 atom stereocenters. The summed E-state index contributed by atoms with van der Waals surface area (Å²) < 4.78 is 2.10. The zero-order chi connectivity index (χ0) is 20.7. The Morgan fingerprint density at radius 1 is 1.03 bits per heavy atom. The van der Waals surface area contributed by atoms with Crippen LogP contribution in [-0.4, -0.2) is 44.3 Å². The number of aromatic nitrogens is 4. The van der Waals surface area contributed by atoms with E-state index in [0.717, 1.165) is 50.8 Å². The summed E-state index contributed by atoms with van der Waals surface area (Å²) in [5.74, 6) is 3.18. The van der Waals surface area contributed by atoms with Crippen LogP contribution in [0.1, 0.15) is 79.8 Å². The molecular formula is C24H36N6. The Kier molecular flexibility index (Phi) is 5.52. The number of rotatable bonds is 6. The predicted molar refractivity (Wildman–Crippen MR) is 120 cm³/mol. The highest BCUT2D eigenvalue weighted by molar-refractivity contribution is 5.51. The fraction of sp³-hybridized carbons (Fsp3) is 0.708. The molecule has 1 saturated carbocycles. The van der Waals surface area contributed by atoms with Crippen LogP contribution in [0.2, 0.25) is 0 Å². The first-order valence-electron chi connectivity index (χ1n) is 12.0. The Labute approximate surface area is 180 Å². The number of likely N-dealkylation sites (tertiary alicyclic amines) is 1. The van der Waals surface area contributed by atoms with Gasteiger partial charge in [0, 0.05) is 48.7 Å². The summed E-state index contributed by atoms with van der Waals surface area (Å²) in [7, 11) is 0. The van der Waals surface area contributed by atoms with Crippen LogP contribution in [0.3, 0.4) is 0 Å². The SMILES string of the molecule is CCn1ncc(CN2CCCC[C@@H]2c2nc(C)c3c(n2)N(CC2CC2)CCC3)c1C. The maximum Gasteiger partial charge on any atom is 0.148 e. The third kappa shape index (κ3) is 3.86. The molecule has 2 aliphatic heterocycles. The summed E-state index contributed by atoms with van der Waals surface area (Å²) in [4.78, 5) is 15.5. The van der Waals surface area contributed by atoms with Gasteiger partial charge in [-0.3, -0.25) is 9.58 Å². The number of fused-ring (bicyclic) bond motifs is 1. The van der Waals surface area contributed by atoms with Crippen molar-refractivity contribution in [2.24, 2.45) is 5.92 Å². The Bertz CT molecular complexity index is 899. The average Bonchev–Trinajstić information content (AvgIpc) is 3.51. The summed E-state index contributed by atoms with van der Waals surface area (Å²) in [5, 5.41) is 4.56. The van der Waals surface area contributed by atoms with Crippen LogP contribution in [0.5, 0.6) is 0 Å². The van der Waals surface area contributed by atoms with E-state index < -0.39 is 0 Å². The second-order valence-corrected chi connectivity index (χ2v) is 9.52. The van der Waals surface area contributed by atoms with Crippen LogP contribution >= 0.6 is 0 Å². The Morgan fingerprint density at radius 3 is 2.67 bits per heavy atom. The predicted octanol–water partition coefficient (Wildman–Crippen LogP) is 4.20. The number of aryl methyl sites for hydroxylation is 2. The molecule has 1 saturated heterocycles. The van der Waals surface area contributed by atoms with Crippen molar-refractivity contribution in [1.29, 1.82) is 0 Å². The van der Waals surface area contributed by atoms with E-state index in [9.17, 15) is 0 Å². The largest absolute Gasteiger partial charge is 0.356 e. The summed E-state index contributed by atoms with van der Waals surface area (Å²) in [6, 6.07) is 0.317. The first-order chi connectivity index (χ1) is 14.6.